The van der Waals surface area contributed by atoms with Crippen molar-refractivity contribution >= 4 is 10.9 Å². The highest BCUT2D eigenvalue weighted by atomic mass is 16.5. The Hall–Kier alpha value is -4.76. The Labute approximate surface area is 228 Å². The molecule has 1 unspecified atom stereocenters. The molecule has 0 saturated heterocycles. The highest BCUT2D eigenvalue weighted by Crippen LogP contribution is 2.57. The first kappa shape index (κ1) is 23.4. The summed E-state index contributed by atoms with van der Waals surface area (Å²) in [5.74, 6) is 1.03. The summed E-state index contributed by atoms with van der Waals surface area (Å²) in [5, 5.41) is 12.1. The molecule has 0 radical (unpaired) electrons. The average molecular weight is 508 g/mol. The van der Waals surface area contributed by atoms with Crippen molar-refractivity contribution in [1.29, 1.82) is 0 Å². The SMILES string of the molecule is COc1ccc(C2c3cc(O)ccc3C(c3ccccc3)(c3ccccc3)c3[nH]c4ccccc4c32)c(C)c1. The molecule has 3 heteroatoms. The van der Waals surface area contributed by atoms with Gasteiger partial charge in [-0.15, -0.1) is 0 Å². The van der Waals surface area contributed by atoms with E-state index in [9.17, 15) is 5.11 Å². The predicted octanol–water partition coefficient (Wildman–Crippen LogP) is 8.07. The van der Waals surface area contributed by atoms with Gasteiger partial charge in [0.25, 0.3) is 0 Å². The van der Waals surface area contributed by atoms with Crippen LogP contribution >= 0.6 is 0 Å². The van der Waals surface area contributed by atoms with Crippen LogP contribution in [0, 0.1) is 6.92 Å². The molecule has 0 spiro atoms. The number of fused-ring (bicyclic) bond motifs is 4. The van der Waals surface area contributed by atoms with Crippen LogP contribution in [0.15, 0.2) is 121 Å². The first-order valence-corrected chi connectivity index (χ1v) is 13.3. The minimum atomic E-state index is -0.600. The largest absolute Gasteiger partial charge is 0.508 e. The number of H-pyrrole nitrogens is 1. The number of methoxy groups -OCH3 is 1. The maximum Gasteiger partial charge on any atom is 0.119 e. The number of aromatic amines is 1. The van der Waals surface area contributed by atoms with Crippen molar-refractivity contribution in [3.8, 4) is 11.5 Å². The molecule has 3 nitrogen and oxygen atoms in total. The summed E-state index contributed by atoms with van der Waals surface area (Å²) >= 11 is 0. The van der Waals surface area contributed by atoms with E-state index in [1.54, 1.807) is 7.11 Å². The van der Waals surface area contributed by atoms with E-state index >= 15 is 0 Å². The van der Waals surface area contributed by atoms with E-state index in [0.717, 1.165) is 28.0 Å². The summed E-state index contributed by atoms with van der Waals surface area (Å²) in [4.78, 5) is 3.91. The van der Waals surface area contributed by atoms with Crippen molar-refractivity contribution in [3.05, 3.63) is 166 Å². The number of aryl methyl sites for hydroxylation is 1. The third-order valence-corrected chi connectivity index (χ3v) is 8.36. The molecule has 1 heterocycles. The molecule has 1 aliphatic rings. The first-order valence-electron chi connectivity index (χ1n) is 13.3. The zero-order chi connectivity index (χ0) is 26.6. The molecule has 5 aromatic carbocycles. The molecule has 1 aliphatic carbocycles. The lowest BCUT2D eigenvalue weighted by Crippen LogP contribution is -2.37. The van der Waals surface area contributed by atoms with Gasteiger partial charge in [0, 0.05) is 22.5 Å². The van der Waals surface area contributed by atoms with Crippen LogP contribution in [0.3, 0.4) is 0 Å². The molecule has 0 aliphatic heterocycles. The van der Waals surface area contributed by atoms with Crippen molar-refractivity contribution in [2.45, 2.75) is 18.3 Å². The molecule has 190 valence electrons. The molecular formula is C36H29NO2. The van der Waals surface area contributed by atoms with Gasteiger partial charge in [0.15, 0.2) is 0 Å². The molecule has 0 bridgehead atoms. The molecule has 0 amide bonds. The summed E-state index contributed by atoms with van der Waals surface area (Å²) in [7, 11) is 1.70. The van der Waals surface area contributed by atoms with Gasteiger partial charge in [-0.2, -0.15) is 0 Å². The Kier molecular flexibility index (Phi) is 5.34. The van der Waals surface area contributed by atoms with Gasteiger partial charge < -0.3 is 14.8 Å². The number of benzene rings is 5. The Morgan fingerprint density at radius 1 is 0.718 bits per heavy atom. The number of hydrogen-bond acceptors (Lipinski definition) is 2. The third kappa shape index (κ3) is 3.36. The van der Waals surface area contributed by atoms with Gasteiger partial charge in [-0.3, -0.25) is 0 Å². The van der Waals surface area contributed by atoms with Crippen molar-refractivity contribution in [2.24, 2.45) is 0 Å². The highest BCUT2D eigenvalue weighted by molar-refractivity contribution is 5.90. The smallest absolute Gasteiger partial charge is 0.119 e. The summed E-state index contributed by atoms with van der Waals surface area (Å²) in [6.45, 7) is 2.14. The van der Waals surface area contributed by atoms with E-state index in [1.165, 1.54) is 33.3 Å². The summed E-state index contributed by atoms with van der Waals surface area (Å²) in [5.41, 5.74) is 9.89. The number of para-hydroxylation sites is 1. The van der Waals surface area contributed by atoms with Crippen molar-refractivity contribution in [1.82, 2.24) is 4.98 Å². The first-order chi connectivity index (χ1) is 19.1. The van der Waals surface area contributed by atoms with E-state index in [4.69, 9.17) is 4.74 Å². The maximum absolute atomic E-state index is 10.9. The van der Waals surface area contributed by atoms with Crippen molar-refractivity contribution < 1.29 is 9.84 Å². The molecule has 7 rings (SSSR count). The number of phenols is 1. The van der Waals surface area contributed by atoms with E-state index in [2.05, 4.69) is 115 Å². The highest BCUT2D eigenvalue weighted by Gasteiger charge is 2.49. The van der Waals surface area contributed by atoms with Gasteiger partial charge in [-0.1, -0.05) is 91.0 Å². The number of rotatable bonds is 4. The Bertz CT molecular complexity index is 1780. The summed E-state index contributed by atoms with van der Waals surface area (Å²) in [6.07, 6.45) is 0. The van der Waals surface area contributed by atoms with Gasteiger partial charge in [0.2, 0.25) is 0 Å². The fourth-order valence-electron chi connectivity index (χ4n) is 6.74. The maximum atomic E-state index is 10.9. The van der Waals surface area contributed by atoms with Crippen molar-refractivity contribution in [2.75, 3.05) is 7.11 Å². The fourth-order valence-corrected chi connectivity index (χ4v) is 6.74. The molecule has 6 aromatic rings. The number of aromatic hydroxyl groups is 1. The second-order valence-electron chi connectivity index (χ2n) is 10.4. The van der Waals surface area contributed by atoms with Crippen LogP contribution in [0.1, 0.15) is 50.6 Å². The number of ether oxygens (including phenoxy) is 1. The Morgan fingerprint density at radius 3 is 2.05 bits per heavy atom. The van der Waals surface area contributed by atoms with Crippen LogP contribution in [-0.2, 0) is 5.41 Å². The average Bonchev–Trinajstić information content (AvgIpc) is 3.37. The van der Waals surface area contributed by atoms with Gasteiger partial charge in [0.1, 0.15) is 11.5 Å². The molecule has 39 heavy (non-hydrogen) atoms. The third-order valence-electron chi connectivity index (χ3n) is 8.36. The molecule has 2 N–H and O–H groups in total. The number of aromatic nitrogens is 1. The van der Waals surface area contributed by atoms with E-state index in [0.29, 0.717) is 0 Å². The molecule has 0 fully saturated rings. The van der Waals surface area contributed by atoms with Gasteiger partial charge in [-0.25, -0.2) is 0 Å². The molecule has 1 atom stereocenters. The molecule has 1 aromatic heterocycles. The monoisotopic (exact) mass is 507 g/mol. The van der Waals surface area contributed by atoms with E-state index < -0.39 is 5.41 Å². The van der Waals surface area contributed by atoms with Gasteiger partial charge in [0.05, 0.1) is 12.5 Å². The molecular weight excluding hydrogens is 478 g/mol. The number of phenolic OH excluding ortho intramolecular Hbond substituents is 1. The van der Waals surface area contributed by atoms with E-state index in [-0.39, 0.29) is 11.7 Å². The topological polar surface area (TPSA) is 45.2 Å². The van der Waals surface area contributed by atoms with Crippen molar-refractivity contribution in [3.63, 3.8) is 0 Å². The van der Waals surface area contributed by atoms with Crippen LogP contribution in [0.5, 0.6) is 11.5 Å². The lowest BCUT2D eigenvalue weighted by Gasteiger charge is -2.43. The lowest BCUT2D eigenvalue weighted by atomic mass is 9.58. The fraction of sp³-hybridized carbons (Fsp3) is 0.111. The quantitative estimate of drug-likeness (QED) is 0.253. The zero-order valence-corrected chi connectivity index (χ0v) is 22.0. The lowest BCUT2D eigenvalue weighted by molar-refractivity contribution is 0.414. The Balaban J connectivity index is 1.69. The second kappa shape index (κ2) is 8.92. The predicted molar refractivity (Wildman–Crippen MR) is 157 cm³/mol. The van der Waals surface area contributed by atoms with E-state index in [1.807, 2.05) is 18.2 Å². The van der Waals surface area contributed by atoms with Crippen LogP contribution in [0.2, 0.25) is 0 Å². The standard InChI is InChI=1S/C36H29NO2/c1-23-21-27(39-2)18-19-28(23)33-30-22-26(38)17-20-31(30)36(24-11-5-3-6-12-24,25-13-7-4-8-14-25)35-34(33)29-15-9-10-16-32(29)37-35/h3-22,33,37-38H,1-2H3. The Morgan fingerprint density at radius 2 is 1.38 bits per heavy atom. The van der Waals surface area contributed by atoms with Gasteiger partial charge in [-0.05, 0) is 76.2 Å². The minimum absolute atomic E-state index is 0.0790. The number of hydrogen-bond donors (Lipinski definition) is 2. The van der Waals surface area contributed by atoms with Crippen LogP contribution < -0.4 is 4.74 Å². The van der Waals surface area contributed by atoms with Crippen LogP contribution in [0.4, 0.5) is 0 Å². The summed E-state index contributed by atoms with van der Waals surface area (Å²) < 4.78 is 5.55. The number of nitrogens with one attached hydrogen (secondary N) is 1. The zero-order valence-electron chi connectivity index (χ0n) is 22.0. The van der Waals surface area contributed by atoms with Gasteiger partial charge >= 0.3 is 0 Å². The minimum Gasteiger partial charge on any atom is -0.508 e. The molecule has 0 saturated carbocycles. The second-order valence-corrected chi connectivity index (χ2v) is 10.4. The summed E-state index contributed by atoms with van der Waals surface area (Å²) in [6, 6.07) is 42.3. The van der Waals surface area contributed by atoms with Crippen LogP contribution in [-0.4, -0.2) is 17.2 Å². The van der Waals surface area contributed by atoms with Crippen LogP contribution in [0.25, 0.3) is 10.9 Å². The normalized spacial score (nSPS) is 15.5.